The second-order valence-corrected chi connectivity index (χ2v) is 6.00. The summed E-state index contributed by atoms with van der Waals surface area (Å²) in [7, 11) is 0. The van der Waals surface area contributed by atoms with E-state index < -0.39 is 35.1 Å². The zero-order valence-corrected chi connectivity index (χ0v) is 15.2. The van der Waals surface area contributed by atoms with E-state index >= 15 is 0 Å². The molecule has 0 fully saturated rings. The molecule has 7 nitrogen and oxygen atoms in total. The van der Waals surface area contributed by atoms with E-state index in [-0.39, 0.29) is 24.0 Å². The molecule has 0 aliphatic carbocycles. The maximum atomic E-state index is 13.3. The van der Waals surface area contributed by atoms with Crippen LogP contribution in [-0.2, 0) is 5.60 Å². The van der Waals surface area contributed by atoms with E-state index in [9.17, 15) is 31.4 Å². The number of nitrogens with two attached hydrogens (primary N) is 1. The first-order valence-corrected chi connectivity index (χ1v) is 8.08. The van der Waals surface area contributed by atoms with Crippen LogP contribution in [0, 0.1) is 5.82 Å². The van der Waals surface area contributed by atoms with E-state index in [0.29, 0.717) is 6.92 Å². The van der Waals surface area contributed by atoms with Crippen molar-refractivity contribution in [1.82, 2.24) is 9.97 Å². The molecule has 0 saturated carbocycles. The molecule has 0 saturated heterocycles. The summed E-state index contributed by atoms with van der Waals surface area (Å²) in [5.74, 6) is 4.09. The van der Waals surface area contributed by atoms with E-state index in [2.05, 4.69) is 20.1 Å². The number of alkyl halides is 5. The van der Waals surface area contributed by atoms with Crippen molar-refractivity contribution in [3.63, 3.8) is 0 Å². The lowest BCUT2D eigenvalue weighted by Gasteiger charge is -2.25. The monoisotopic (exact) mass is 435 g/mol. The average Bonchev–Trinajstić information content (AvgIpc) is 2.68. The molecule has 0 aliphatic heterocycles. The lowest BCUT2D eigenvalue weighted by Crippen LogP contribution is -2.39. The van der Waals surface area contributed by atoms with E-state index in [1.807, 2.05) is 0 Å². The molecular weight excluding hydrogens is 420 g/mol. The van der Waals surface area contributed by atoms with Gasteiger partial charge in [-0.2, -0.15) is 18.3 Å². The zero-order valence-electron chi connectivity index (χ0n) is 15.2. The normalized spacial score (nSPS) is 14.9. The first-order valence-electron chi connectivity index (χ1n) is 8.08. The van der Waals surface area contributed by atoms with Crippen LogP contribution in [0.5, 0.6) is 6.01 Å². The van der Waals surface area contributed by atoms with Gasteiger partial charge in [0.25, 0.3) is 6.43 Å². The minimum atomic E-state index is -4.93. The Kier molecular flexibility index (Phi) is 6.97. The van der Waals surface area contributed by atoms with Crippen LogP contribution in [0.2, 0.25) is 0 Å². The fraction of sp³-hybridized carbons (Fsp3) is 0.294. The number of benzene rings is 1. The Morgan fingerprint density at radius 2 is 1.90 bits per heavy atom. The summed E-state index contributed by atoms with van der Waals surface area (Å²) in [6.45, 7) is 0.189. The summed E-state index contributed by atoms with van der Waals surface area (Å²) < 4.78 is 82.2. The molecule has 0 aliphatic rings. The third-order valence-electron chi connectivity index (χ3n) is 3.83. The lowest BCUT2D eigenvalue weighted by molar-refractivity contribution is -0.259. The van der Waals surface area contributed by atoms with Crippen LogP contribution >= 0.6 is 0 Å². The molecule has 13 heteroatoms. The number of nitrogens with zero attached hydrogens (tertiary/aromatic N) is 4. The van der Waals surface area contributed by atoms with Gasteiger partial charge in [-0.25, -0.2) is 23.1 Å². The van der Waals surface area contributed by atoms with Gasteiger partial charge >= 0.3 is 12.2 Å². The van der Waals surface area contributed by atoms with Gasteiger partial charge in [0.15, 0.2) is 5.60 Å². The van der Waals surface area contributed by atoms with Crippen molar-refractivity contribution in [2.45, 2.75) is 25.1 Å². The van der Waals surface area contributed by atoms with Gasteiger partial charge in [-0.05, 0) is 25.1 Å². The minimum absolute atomic E-state index is 0.00263. The van der Waals surface area contributed by atoms with Crippen molar-refractivity contribution in [3.05, 3.63) is 47.5 Å². The Hall–Kier alpha value is -3.22. The largest absolute Gasteiger partial charge is 0.457 e. The Morgan fingerprint density at radius 1 is 1.27 bits per heavy atom. The van der Waals surface area contributed by atoms with Gasteiger partial charge in [0.1, 0.15) is 18.1 Å². The van der Waals surface area contributed by atoms with E-state index in [0.717, 1.165) is 36.8 Å². The molecule has 0 amide bonds. The second kappa shape index (κ2) is 9.07. The fourth-order valence-corrected chi connectivity index (χ4v) is 1.98. The quantitative estimate of drug-likeness (QED) is 0.300. The molecule has 1 heterocycles. The minimum Gasteiger partial charge on any atom is -0.457 e. The van der Waals surface area contributed by atoms with Crippen molar-refractivity contribution in [3.8, 4) is 6.01 Å². The highest BCUT2D eigenvalue weighted by Crippen LogP contribution is 2.37. The van der Waals surface area contributed by atoms with Crippen LogP contribution in [0.25, 0.3) is 0 Å². The number of rotatable bonds is 7. The fourth-order valence-electron chi connectivity index (χ4n) is 1.98. The van der Waals surface area contributed by atoms with Crippen molar-refractivity contribution in [2.75, 3.05) is 6.61 Å². The molecule has 0 spiro atoms. The standard InChI is InChI=1S/C17H15F6N5O2/c1-16(29,17(21,22)23)9-5-26-15(27-6-9)30-8-11(28-24)7-25-10-2-3-13(18)12(4-10)14(19)20/h2-7,14,29H,8,24H2,1H3. The van der Waals surface area contributed by atoms with Crippen molar-refractivity contribution in [1.29, 1.82) is 0 Å². The van der Waals surface area contributed by atoms with Gasteiger partial charge in [0.2, 0.25) is 0 Å². The number of ether oxygens (including phenoxy) is 1. The number of aliphatic hydroxyl groups is 1. The van der Waals surface area contributed by atoms with Crippen LogP contribution in [-0.4, -0.2) is 39.8 Å². The summed E-state index contributed by atoms with van der Waals surface area (Å²) >= 11 is 0. The zero-order chi connectivity index (χ0) is 22.5. The smallest absolute Gasteiger partial charge is 0.421 e. The van der Waals surface area contributed by atoms with E-state index in [1.165, 1.54) is 0 Å². The number of aliphatic imine (C=N–C) groups is 1. The summed E-state index contributed by atoms with van der Waals surface area (Å²) in [6, 6.07) is 2.49. The maximum Gasteiger partial charge on any atom is 0.421 e. The lowest BCUT2D eigenvalue weighted by atomic mass is 9.99. The van der Waals surface area contributed by atoms with Gasteiger partial charge in [0, 0.05) is 18.0 Å². The summed E-state index contributed by atoms with van der Waals surface area (Å²) in [5.41, 5.74) is -4.57. The van der Waals surface area contributed by atoms with Crippen LogP contribution in [0.1, 0.15) is 24.5 Å². The first-order chi connectivity index (χ1) is 14.0. The average molecular weight is 435 g/mol. The van der Waals surface area contributed by atoms with Crippen LogP contribution < -0.4 is 10.6 Å². The van der Waals surface area contributed by atoms with Crippen LogP contribution in [0.15, 0.2) is 40.7 Å². The van der Waals surface area contributed by atoms with E-state index in [4.69, 9.17) is 10.6 Å². The highest BCUT2D eigenvalue weighted by molar-refractivity contribution is 6.31. The Bertz CT molecular complexity index is 929. The number of halogens is 6. The second-order valence-electron chi connectivity index (χ2n) is 6.00. The van der Waals surface area contributed by atoms with Gasteiger partial charge < -0.3 is 15.7 Å². The van der Waals surface area contributed by atoms with Gasteiger partial charge in [-0.3, -0.25) is 4.99 Å². The molecule has 0 radical (unpaired) electrons. The molecule has 1 atom stereocenters. The number of hydrazone groups is 1. The number of aromatic nitrogens is 2. The van der Waals surface area contributed by atoms with Crippen LogP contribution in [0.3, 0.4) is 0 Å². The number of hydrogen-bond acceptors (Lipinski definition) is 7. The Morgan fingerprint density at radius 3 is 2.43 bits per heavy atom. The molecule has 1 aromatic carbocycles. The van der Waals surface area contributed by atoms with E-state index in [1.54, 1.807) is 0 Å². The molecule has 3 N–H and O–H groups in total. The summed E-state index contributed by atoms with van der Waals surface area (Å²) in [5, 5.41) is 12.9. The third kappa shape index (κ3) is 5.43. The molecule has 162 valence electrons. The van der Waals surface area contributed by atoms with Crippen molar-refractivity contribution < 1.29 is 36.2 Å². The number of hydrogen-bond donors (Lipinski definition) is 2. The Balaban J connectivity index is 2.04. The molecular formula is C17H15F6N5O2. The van der Waals surface area contributed by atoms with Gasteiger partial charge in [0.05, 0.1) is 17.5 Å². The van der Waals surface area contributed by atoms with Crippen LogP contribution in [0.4, 0.5) is 32.0 Å². The predicted molar refractivity (Wildman–Crippen MR) is 94.3 cm³/mol. The Labute approximate surface area is 165 Å². The third-order valence-corrected chi connectivity index (χ3v) is 3.83. The molecule has 2 aromatic rings. The van der Waals surface area contributed by atoms with Crippen molar-refractivity contribution >= 4 is 17.6 Å². The summed E-state index contributed by atoms with van der Waals surface area (Å²) in [4.78, 5) is 11.0. The molecule has 1 aromatic heterocycles. The highest BCUT2D eigenvalue weighted by atomic mass is 19.4. The highest BCUT2D eigenvalue weighted by Gasteiger charge is 2.51. The summed E-state index contributed by atoms with van der Waals surface area (Å²) in [6.07, 6.45) is -5.41. The SMILES string of the molecule is CC(O)(c1cnc(OCC(C=Nc2ccc(F)c(C(F)F)c2)=NN)nc1)C(F)(F)F. The van der Waals surface area contributed by atoms with Gasteiger partial charge in [-0.15, -0.1) is 0 Å². The van der Waals surface area contributed by atoms with Crippen molar-refractivity contribution in [2.24, 2.45) is 15.9 Å². The molecule has 2 rings (SSSR count). The first kappa shape index (κ1) is 23.1. The molecule has 1 unspecified atom stereocenters. The maximum absolute atomic E-state index is 13.3. The molecule has 0 bridgehead atoms. The van der Waals surface area contributed by atoms with Gasteiger partial charge in [-0.1, -0.05) is 0 Å². The topological polar surface area (TPSA) is 106 Å². The molecule has 30 heavy (non-hydrogen) atoms. The predicted octanol–water partition coefficient (Wildman–Crippen LogP) is 3.42.